The van der Waals surface area contributed by atoms with Gasteiger partial charge in [-0.05, 0) is 31.0 Å². The first kappa shape index (κ1) is 19.5. The molecule has 0 fully saturated rings. The van der Waals surface area contributed by atoms with Crippen LogP contribution in [0.1, 0.15) is 31.6 Å². The van der Waals surface area contributed by atoms with Crippen LogP contribution in [0.5, 0.6) is 0 Å². The Bertz CT molecular complexity index is 555. The highest BCUT2D eigenvalue weighted by atomic mass is 127. The number of furan rings is 1. The lowest BCUT2D eigenvalue weighted by molar-refractivity contribution is 0.506. The maximum Gasteiger partial charge on any atom is 0.191 e. The van der Waals surface area contributed by atoms with E-state index in [1.165, 1.54) is 5.56 Å². The van der Waals surface area contributed by atoms with E-state index < -0.39 is 0 Å². The monoisotopic (exact) mass is 427 g/mol. The Morgan fingerprint density at radius 2 is 1.96 bits per heavy atom. The fraction of sp³-hybridized carbons (Fsp3) is 0.389. The number of aliphatic imine (C=N–C) groups is 1. The Labute approximate surface area is 155 Å². The second kappa shape index (κ2) is 11.1. The summed E-state index contributed by atoms with van der Waals surface area (Å²) in [7, 11) is 0. The number of hydrogen-bond donors (Lipinski definition) is 2. The van der Waals surface area contributed by atoms with E-state index in [1.54, 1.807) is 6.26 Å². The van der Waals surface area contributed by atoms with Crippen molar-refractivity contribution in [1.29, 1.82) is 0 Å². The van der Waals surface area contributed by atoms with Crippen LogP contribution in [-0.2, 0) is 13.0 Å². The van der Waals surface area contributed by atoms with Gasteiger partial charge in [0.25, 0.3) is 0 Å². The SMILES string of the molecule is CCC(C)NC(=NCc1ccccc1)NCCc1ccco1.I. The van der Waals surface area contributed by atoms with Crippen molar-refractivity contribution in [3.63, 3.8) is 0 Å². The highest BCUT2D eigenvalue weighted by molar-refractivity contribution is 14.0. The second-order valence-electron chi connectivity index (χ2n) is 5.36. The van der Waals surface area contributed by atoms with Gasteiger partial charge in [0.2, 0.25) is 0 Å². The summed E-state index contributed by atoms with van der Waals surface area (Å²) >= 11 is 0. The maximum atomic E-state index is 5.35. The zero-order chi connectivity index (χ0) is 15.6. The molecular weight excluding hydrogens is 401 g/mol. The van der Waals surface area contributed by atoms with Gasteiger partial charge in [-0.1, -0.05) is 37.3 Å². The molecule has 0 radical (unpaired) electrons. The summed E-state index contributed by atoms with van der Waals surface area (Å²) in [5.74, 6) is 1.84. The lowest BCUT2D eigenvalue weighted by Gasteiger charge is -2.17. The predicted octanol–water partition coefficient (Wildman–Crippen LogP) is 3.97. The van der Waals surface area contributed by atoms with Gasteiger partial charge < -0.3 is 15.1 Å². The Balaban J connectivity index is 0.00000264. The van der Waals surface area contributed by atoms with E-state index in [0.717, 1.165) is 31.1 Å². The van der Waals surface area contributed by atoms with Crippen LogP contribution in [0.25, 0.3) is 0 Å². The Hall–Kier alpha value is -1.50. The largest absolute Gasteiger partial charge is 0.469 e. The van der Waals surface area contributed by atoms with Crippen molar-refractivity contribution < 1.29 is 4.42 Å². The molecule has 2 rings (SSSR count). The van der Waals surface area contributed by atoms with Crippen LogP contribution >= 0.6 is 24.0 Å². The summed E-state index contributed by atoms with van der Waals surface area (Å²) in [5.41, 5.74) is 1.21. The Morgan fingerprint density at radius 1 is 1.17 bits per heavy atom. The predicted molar refractivity (Wildman–Crippen MR) is 106 cm³/mol. The van der Waals surface area contributed by atoms with Crippen molar-refractivity contribution in [3.05, 3.63) is 60.1 Å². The van der Waals surface area contributed by atoms with Gasteiger partial charge in [0, 0.05) is 19.0 Å². The average Bonchev–Trinajstić information content (AvgIpc) is 3.06. The Kier molecular flexibility index (Phi) is 9.43. The smallest absolute Gasteiger partial charge is 0.191 e. The van der Waals surface area contributed by atoms with E-state index in [4.69, 9.17) is 4.42 Å². The van der Waals surface area contributed by atoms with Gasteiger partial charge in [-0.3, -0.25) is 0 Å². The molecule has 1 atom stereocenters. The molecule has 5 heteroatoms. The topological polar surface area (TPSA) is 49.6 Å². The summed E-state index contributed by atoms with van der Waals surface area (Å²) < 4.78 is 5.35. The van der Waals surface area contributed by atoms with Crippen LogP contribution in [0, 0.1) is 0 Å². The van der Waals surface area contributed by atoms with Gasteiger partial charge in [0.1, 0.15) is 5.76 Å². The number of nitrogens with one attached hydrogen (secondary N) is 2. The third-order valence-corrected chi connectivity index (χ3v) is 3.50. The van der Waals surface area contributed by atoms with Gasteiger partial charge in [0.05, 0.1) is 12.8 Å². The molecule has 126 valence electrons. The molecule has 0 aliphatic carbocycles. The first-order chi connectivity index (χ1) is 10.8. The van der Waals surface area contributed by atoms with Crippen molar-refractivity contribution in [3.8, 4) is 0 Å². The molecule has 1 aromatic carbocycles. The summed E-state index contributed by atoms with van der Waals surface area (Å²) in [6.45, 7) is 5.79. The number of benzene rings is 1. The van der Waals surface area contributed by atoms with Gasteiger partial charge in [-0.15, -0.1) is 24.0 Å². The van der Waals surface area contributed by atoms with Crippen LogP contribution in [0.15, 0.2) is 58.1 Å². The van der Waals surface area contributed by atoms with Crippen molar-refractivity contribution in [1.82, 2.24) is 10.6 Å². The molecule has 0 aliphatic heterocycles. The molecule has 1 heterocycles. The van der Waals surface area contributed by atoms with E-state index in [9.17, 15) is 0 Å². The minimum Gasteiger partial charge on any atom is -0.469 e. The van der Waals surface area contributed by atoms with E-state index in [-0.39, 0.29) is 24.0 Å². The standard InChI is InChI=1S/C18H25N3O.HI/c1-3-15(2)21-18(19-12-11-17-10-7-13-22-17)20-14-16-8-5-4-6-9-16;/h4-10,13,15H,3,11-12,14H2,1-2H3,(H2,19,20,21);1H. The molecule has 1 aromatic heterocycles. The Morgan fingerprint density at radius 3 is 2.61 bits per heavy atom. The van der Waals surface area contributed by atoms with Gasteiger partial charge in [-0.25, -0.2) is 4.99 Å². The molecule has 0 aliphatic rings. The zero-order valence-electron chi connectivity index (χ0n) is 13.8. The van der Waals surface area contributed by atoms with Crippen LogP contribution in [-0.4, -0.2) is 18.5 Å². The van der Waals surface area contributed by atoms with Crippen LogP contribution in [0.4, 0.5) is 0 Å². The molecule has 0 spiro atoms. The maximum absolute atomic E-state index is 5.35. The van der Waals surface area contributed by atoms with Gasteiger partial charge >= 0.3 is 0 Å². The number of rotatable bonds is 7. The first-order valence-corrected chi connectivity index (χ1v) is 7.89. The average molecular weight is 427 g/mol. The zero-order valence-corrected chi connectivity index (χ0v) is 16.1. The summed E-state index contributed by atoms with van der Waals surface area (Å²) in [4.78, 5) is 4.66. The minimum absolute atomic E-state index is 0. The van der Waals surface area contributed by atoms with Crippen LogP contribution in [0.3, 0.4) is 0 Å². The highest BCUT2D eigenvalue weighted by Gasteiger charge is 2.04. The van der Waals surface area contributed by atoms with Crippen LogP contribution < -0.4 is 10.6 Å². The van der Waals surface area contributed by atoms with E-state index in [0.29, 0.717) is 12.6 Å². The van der Waals surface area contributed by atoms with Crippen molar-refractivity contribution in [2.45, 2.75) is 39.3 Å². The lowest BCUT2D eigenvalue weighted by atomic mass is 10.2. The van der Waals surface area contributed by atoms with E-state index in [1.807, 2.05) is 30.3 Å². The summed E-state index contributed by atoms with van der Waals surface area (Å²) in [5, 5.41) is 6.80. The summed E-state index contributed by atoms with van der Waals surface area (Å²) in [6, 6.07) is 14.6. The number of hydrogen-bond acceptors (Lipinski definition) is 2. The molecule has 4 nitrogen and oxygen atoms in total. The third-order valence-electron chi connectivity index (χ3n) is 3.50. The molecule has 0 saturated carbocycles. The van der Waals surface area contributed by atoms with Crippen molar-refractivity contribution in [2.24, 2.45) is 4.99 Å². The fourth-order valence-corrected chi connectivity index (χ4v) is 2.00. The molecular formula is C18H26IN3O. The normalized spacial score (nSPS) is 12.3. The van der Waals surface area contributed by atoms with E-state index in [2.05, 4.69) is 41.6 Å². The van der Waals surface area contributed by atoms with Gasteiger partial charge in [0.15, 0.2) is 5.96 Å². The van der Waals surface area contributed by atoms with Crippen molar-refractivity contribution in [2.75, 3.05) is 6.54 Å². The molecule has 0 saturated heterocycles. The third kappa shape index (κ3) is 7.54. The highest BCUT2D eigenvalue weighted by Crippen LogP contribution is 2.01. The lowest BCUT2D eigenvalue weighted by Crippen LogP contribution is -2.42. The molecule has 0 bridgehead atoms. The van der Waals surface area contributed by atoms with E-state index >= 15 is 0 Å². The van der Waals surface area contributed by atoms with Crippen LogP contribution in [0.2, 0.25) is 0 Å². The van der Waals surface area contributed by atoms with Crippen molar-refractivity contribution >= 4 is 29.9 Å². The molecule has 0 amide bonds. The minimum atomic E-state index is 0. The summed E-state index contributed by atoms with van der Waals surface area (Å²) in [6.07, 6.45) is 3.61. The molecule has 23 heavy (non-hydrogen) atoms. The number of guanidine groups is 1. The molecule has 2 aromatic rings. The molecule has 1 unspecified atom stereocenters. The molecule has 2 N–H and O–H groups in total. The number of nitrogens with zero attached hydrogens (tertiary/aromatic N) is 1. The first-order valence-electron chi connectivity index (χ1n) is 7.89. The second-order valence-corrected chi connectivity index (χ2v) is 5.36. The number of halogens is 1. The quantitative estimate of drug-likeness (QED) is 0.400. The van der Waals surface area contributed by atoms with Gasteiger partial charge in [-0.2, -0.15) is 0 Å². The fourth-order valence-electron chi connectivity index (χ4n) is 2.00.